The molecule has 0 saturated heterocycles. The van der Waals surface area contributed by atoms with Crippen molar-refractivity contribution in [3.63, 3.8) is 0 Å². The largest absolute Gasteiger partial charge is 0.466 e. The fourth-order valence-corrected chi connectivity index (χ4v) is 2.64. The Morgan fingerprint density at radius 2 is 1.85 bits per heavy atom. The first kappa shape index (κ1) is 20.1. The molecule has 142 valence electrons. The normalized spacial score (nSPS) is 10.3. The molecule has 0 aliphatic heterocycles. The Kier molecular flexibility index (Phi) is 7.05. The topological polar surface area (TPSA) is 89.8 Å². The zero-order chi connectivity index (χ0) is 19.8. The summed E-state index contributed by atoms with van der Waals surface area (Å²) in [6, 6.07) is 13.7. The van der Waals surface area contributed by atoms with Crippen LogP contribution in [-0.2, 0) is 16.1 Å². The molecule has 0 fully saturated rings. The molecule has 0 heterocycles. The maximum absolute atomic E-state index is 13.0. The van der Waals surface area contributed by atoms with Crippen LogP contribution in [0.2, 0.25) is 0 Å². The minimum atomic E-state index is -0.508. The summed E-state index contributed by atoms with van der Waals surface area (Å²) in [4.78, 5) is 36.8. The van der Waals surface area contributed by atoms with Crippen LogP contribution in [0.4, 0.5) is 5.69 Å². The fourth-order valence-electron chi connectivity index (χ4n) is 2.64. The van der Waals surface area contributed by atoms with Crippen molar-refractivity contribution in [1.82, 2.24) is 4.90 Å². The maximum atomic E-state index is 13.0. The number of hydrogen-bond donors (Lipinski definition) is 0. The highest BCUT2D eigenvalue weighted by Crippen LogP contribution is 2.21. The van der Waals surface area contributed by atoms with Gasteiger partial charge in [0.15, 0.2) is 0 Å². The molecule has 2 rings (SSSR count). The van der Waals surface area contributed by atoms with Crippen LogP contribution in [-0.4, -0.2) is 34.9 Å². The summed E-state index contributed by atoms with van der Waals surface area (Å²) in [5.41, 5.74) is 1.49. The number of rotatable bonds is 8. The van der Waals surface area contributed by atoms with Gasteiger partial charge in [0.2, 0.25) is 0 Å². The Bertz CT molecular complexity index is 820. The lowest BCUT2D eigenvalue weighted by Gasteiger charge is -2.23. The van der Waals surface area contributed by atoms with E-state index in [1.807, 2.05) is 30.3 Å². The van der Waals surface area contributed by atoms with Gasteiger partial charge < -0.3 is 9.64 Å². The van der Waals surface area contributed by atoms with Crippen molar-refractivity contribution in [3.05, 3.63) is 75.3 Å². The standard InChI is InChI=1S/C20H22N2O5/c1-3-27-19(23)11-12-21(14-16-7-5-4-6-8-16)20(24)17-10-9-15(2)18(13-17)22(25)26/h4-10,13H,3,11-12,14H2,1-2H3. The number of nitro benzene ring substituents is 1. The Morgan fingerprint density at radius 3 is 2.48 bits per heavy atom. The number of hydrogen-bond acceptors (Lipinski definition) is 5. The molecule has 0 atom stereocenters. The second-order valence-electron chi connectivity index (χ2n) is 6.03. The van der Waals surface area contributed by atoms with Crippen molar-refractivity contribution in [2.75, 3.05) is 13.2 Å². The fraction of sp³-hybridized carbons (Fsp3) is 0.300. The Hall–Kier alpha value is -3.22. The van der Waals surface area contributed by atoms with Gasteiger partial charge in [-0.05, 0) is 25.5 Å². The minimum Gasteiger partial charge on any atom is -0.466 e. The second-order valence-corrected chi connectivity index (χ2v) is 6.03. The van der Waals surface area contributed by atoms with Crippen LogP contribution >= 0.6 is 0 Å². The molecular weight excluding hydrogens is 348 g/mol. The summed E-state index contributed by atoms with van der Waals surface area (Å²) in [6.45, 7) is 4.07. The summed E-state index contributed by atoms with van der Waals surface area (Å²) in [5.74, 6) is -0.760. The predicted molar refractivity (Wildman–Crippen MR) is 100 cm³/mol. The van der Waals surface area contributed by atoms with E-state index in [9.17, 15) is 19.7 Å². The molecule has 0 unspecified atom stereocenters. The van der Waals surface area contributed by atoms with Crippen LogP contribution < -0.4 is 0 Å². The van der Waals surface area contributed by atoms with E-state index in [1.54, 1.807) is 26.0 Å². The van der Waals surface area contributed by atoms with E-state index in [0.29, 0.717) is 12.1 Å². The SMILES string of the molecule is CCOC(=O)CCN(Cc1ccccc1)C(=O)c1ccc(C)c([N+](=O)[O-])c1. The average Bonchev–Trinajstić information content (AvgIpc) is 2.65. The zero-order valence-electron chi connectivity index (χ0n) is 15.4. The minimum absolute atomic E-state index is 0.0559. The van der Waals surface area contributed by atoms with Crippen LogP contribution in [0.5, 0.6) is 0 Å². The van der Waals surface area contributed by atoms with Gasteiger partial charge in [0, 0.05) is 30.3 Å². The number of benzene rings is 2. The quantitative estimate of drug-likeness (QED) is 0.403. The first-order valence-corrected chi connectivity index (χ1v) is 8.66. The van der Waals surface area contributed by atoms with Crippen molar-refractivity contribution < 1.29 is 19.2 Å². The van der Waals surface area contributed by atoms with Crippen molar-refractivity contribution in [2.45, 2.75) is 26.8 Å². The summed E-state index contributed by atoms with van der Waals surface area (Å²) in [6.07, 6.45) is 0.0559. The number of carbonyl (C=O) groups is 2. The maximum Gasteiger partial charge on any atom is 0.307 e. The molecule has 0 aliphatic rings. The molecule has 27 heavy (non-hydrogen) atoms. The van der Waals surface area contributed by atoms with E-state index in [4.69, 9.17) is 4.74 Å². The lowest BCUT2D eigenvalue weighted by atomic mass is 10.1. The Morgan fingerprint density at radius 1 is 1.15 bits per heavy atom. The van der Waals surface area contributed by atoms with E-state index in [2.05, 4.69) is 0 Å². The van der Waals surface area contributed by atoms with E-state index in [-0.39, 0.29) is 36.7 Å². The van der Waals surface area contributed by atoms with Crippen LogP contribution in [0.1, 0.15) is 34.8 Å². The smallest absolute Gasteiger partial charge is 0.307 e. The van der Waals surface area contributed by atoms with Gasteiger partial charge in [-0.15, -0.1) is 0 Å². The van der Waals surface area contributed by atoms with Gasteiger partial charge in [-0.3, -0.25) is 19.7 Å². The van der Waals surface area contributed by atoms with Gasteiger partial charge in [0.25, 0.3) is 11.6 Å². The molecule has 7 nitrogen and oxygen atoms in total. The highest BCUT2D eigenvalue weighted by molar-refractivity contribution is 5.95. The molecule has 0 saturated carbocycles. The molecule has 0 spiro atoms. The summed E-state index contributed by atoms with van der Waals surface area (Å²) in [7, 11) is 0. The number of carbonyl (C=O) groups excluding carboxylic acids is 2. The molecule has 0 N–H and O–H groups in total. The average molecular weight is 370 g/mol. The number of nitrogens with zero attached hydrogens (tertiary/aromatic N) is 2. The third-order valence-electron chi connectivity index (χ3n) is 4.05. The number of nitro groups is 1. The number of amides is 1. The molecule has 2 aromatic rings. The summed E-state index contributed by atoms with van der Waals surface area (Å²) in [5, 5.41) is 11.2. The van der Waals surface area contributed by atoms with Crippen LogP contribution in [0.25, 0.3) is 0 Å². The van der Waals surface area contributed by atoms with Crippen molar-refractivity contribution in [2.24, 2.45) is 0 Å². The number of aryl methyl sites for hydroxylation is 1. The molecule has 0 bridgehead atoms. The van der Waals surface area contributed by atoms with Crippen LogP contribution in [0, 0.1) is 17.0 Å². The number of ether oxygens (including phenoxy) is 1. The molecule has 0 aliphatic carbocycles. The molecular formula is C20H22N2O5. The predicted octanol–water partition coefficient (Wildman–Crippen LogP) is 3.50. The van der Waals surface area contributed by atoms with Gasteiger partial charge in [-0.2, -0.15) is 0 Å². The first-order chi connectivity index (χ1) is 12.9. The van der Waals surface area contributed by atoms with Gasteiger partial charge in [-0.25, -0.2) is 0 Å². The lowest BCUT2D eigenvalue weighted by Crippen LogP contribution is -2.33. The van der Waals surface area contributed by atoms with E-state index < -0.39 is 10.9 Å². The highest BCUT2D eigenvalue weighted by atomic mass is 16.6. The Labute approximate surface area is 157 Å². The summed E-state index contributed by atoms with van der Waals surface area (Å²) >= 11 is 0. The van der Waals surface area contributed by atoms with Crippen molar-refractivity contribution in [3.8, 4) is 0 Å². The highest BCUT2D eigenvalue weighted by Gasteiger charge is 2.21. The second kappa shape index (κ2) is 9.47. The van der Waals surface area contributed by atoms with E-state index in [0.717, 1.165) is 5.56 Å². The van der Waals surface area contributed by atoms with Gasteiger partial charge in [0.05, 0.1) is 18.0 Å². The van der Waals surface area contributed by atoms with Crippen LogP contribution in [0.15, 0.2) is 48.5 Å². The van der Waals surface area contributed by atoms with Gasteiger partial charge in [0.1, 0.15) is 0 Å². The zero-order valence-corrected chi connectivity index (χ0v) is 15.4. The van der Waals surface area contributed by atoms with Gasteiger partial charge >= 0.3 is 5.97 Å². The number of esters is 1. The molecule has 2 aromatic carbocycles. The van der Waals surface area contributed by atoms with E-state index >= 15 is 0 Å². The third kappa shape index (κ3) is 5.64. The first-order valence-electron chi connectivity index (χ1n) is 8.66. The van der Waals surface area contributed by atoms with Crippen molar-refractivity contribution >= 4 is 17.6 Å². The van der Waals surface area contributed by atoms with Gasteiger partial charge in [-0.1, -0.05) is 36.4 Å². The third-order valence-corrected chi connectivity index (χ3v) is 4.05. The molecule has 0 aromatic heterocycles. The van der Waals surface area contributed by atoms with Crippen LogP contribution in [0.3, 0.4) is 0 Å². The molecule has 1 amide bonds. The molecule has 0 radical (unpaired) electrons. The Balaban J connectivity index is 2.25. The monoisotopic (exact) mass is 370 g/mol. The van der Waals surface area contributed by atoms with E-state index in [1.165, 1.54) is 11.0 Å². The lowest BCUT2D eigenvalue weighted by molar-refractivity contribution is -0.385. The molecule has 7 heteroatoms. The van der Waals surface area contributed by atoms with Crippen molar-refractivity contribution in [1.29, 1.82) is 0 Å². The summed E-state index contributed by atoms with van der Waals surface area (Å²) < 4.78 is 4.93.